The van der Waals surface area contributed by atoms with Crippen LogP contribution in [0.4, 0.5) is 13.2 Å². The van der Waals surface area contributed by atoms with Crippen LogP contribution in [0.15, 0.2) is 11.0 Å². The van der Waals surface area contributed by atoms with Crippen LogP contribution in [-0.2, 0) is 0 Å². The first kappa shape index (κ1) is 11.7. The van der Waals surface area contributed by atoms with Gasteiger partial charge in [-0.25, -0.2) is 18.3 Å². The smallest absolute Gasteiger partial charge is 0.288 e. The molecule has 0 bridgehead atoms. The third kappa shape index (κ3) is 1.62. The molecular formula is C10H10F3N3O. The van der Waals surface area contributed by atoms with E-state index >= 15 is 0 Å². The number of nitrogens with one attached hydrogen (secondary N) is 1. The van der Waals surface area contributed by atoms with Crippen LogP contribution >= 0.6 is 0 Å². The lowest BCUT2D eigenvalue weighted by atomic mass is 10.2. The molecule has 0 fully saturated rings. The van der Waals surface area contributed by atoms with Gasteiger partial charge < -0.3 is 4.57 Å². The molecule has 1 atom stereocenters. The average molecular weight is 245 g/mol. The SMILES string of the molecule is Cc1c(C)n(C(F)C(F)F)c2c(=O)[nH]ncc12. The summed E-state index contributed by atoms with van der Waals surface area (Å²) in [6.07, 6.45) is -4.39. The highest BCUT2D eigenvalue weighted by atomic mass is 19.3. The standard InChI is InChI=1S/C10H10F3N3O/c1-4-5(2)16(9(13)8(11)12)7-6(4)3-14-15-10(7)17/h3,8-9H,1-2H3,(H,15,17). The molecule has 2 rings (SSSR count). The molecule has 0 aliphatic carbocycles. The lowest BCUT2D eigenvalue weighted by Gasteiger charge is -2.12. The molecule has 7 heteroatoms. The van der Waals surface area contributed by atoms with Crippen LogP contribution in [0, 0.1) is 13.8 Å². The molecule has 0 amide bonds. The summed E-state index contributed by atoms with van der Waals surface area (Å²) < 4.78 is 39.1. The van der Waals surface area contributed by atoms with E-state index in [0.717, 1.165) is 4.57 Å². The minimum atomic E-state index is -3.18. The average Bonchev–Trinajstić information content (AvgIpc) is 2.53. The summed E-state index contributed by atoms with van der Waals surface area (Å²) in [5, 5.41) is 6.07. The summed E-state index contributed by atoms with van der Waals surface area (Å²) in [4.78, 5) is 11.5. The van der Waals surface area contributed by atoms with Crippen molar-refractivity contribution in [1.29, 1.82) is 0 Å². The van der Waals surface area contributed by atoms with Crippen molar-refractivity contribution < 1.29 is 13.2 Å². The van der Waals surface area contributed by atoms with Crippen molar-refractivity contribution in [1.82, 2.24) is 14.8 Å². The van der Waals surface area contributed by atoms with Gasteiger partial charge in [0.05, 0.1) is 6.20 Å². The molecule has 0 aliphatic rings. The summed E-state index contributed by atoms with van der Waals surface area (Å²) in [6, 6.07) is 0. The molecular weight excluding hydrogens is 235 g/mol. The fourth-order valence-electron chi connectivity index (χ4n) is 1.87. The summed E-state index contributed by atoms with van der Waals surface area (Å²) in [7, 11) is 0. The minimum Gasteiger partial charge on any atom is -0.305 e. The molecule has 2 aromatic rings. The van der Waals surface area contributed by atoms with Crippen LogP contribution in [-0.4, -0.2) is 21.2 Å². The van der Waals surface area contributed by atoms with Gasteiger partial charge in [-0.05, 0) is 19.4 Å². The molecule has 4 nitrogen and oxygen atoms in total. The number of aryl methyl sites for hydroxylation is 1. The van der Waals surface area contributed by atoms with E-state index in [1.165, 1.54) is 13.1 Å². The summed E-state index contributed by atoms with van der Waals surface area (Å²) in [5.41, 5.74) is 0.0815. The molecule has 0 aromatic carbocycles. The van der Waals surface area contributed by atoms with E-state index in [0.29, 0.717) is 16.6 Å². The zero-order valence-corrected chi connectivity index (χ0v) is 9.17. The quantitative estimate of drug-likeness (QED) is 0.880. The minimum absolute atomic E-state index is 0.109. The highest BCUT2D eigenvalue weighted by Crippen LogP contribution is 2.29. The molecule has 2 aromatic heterocycles. The predicted octanol–water partition coefficient (Wildman–Crippen LogP) is 2.07. The Balaban J connectivity index is 2.87. The largest absolute Gasteiger partial charge is 0.305 e. The molecule has 0 saturated carbocycles. The van der Waals surface area contributed by atoms with Crippen molar-refractivity contribution in [3.05, 3.63) is 27.8 Å². The molecule has 17 heavy (non-hydrogen) atoms. The Labute approximate surface area is 94.1 Å². The molecule has 0 radical (unpaired) electrons. The number of H-pyrrole nitrogens is 1. The van der Waals surface area contributed by atoms with E-state index in [4.69, 9.17) is 0 Å². The highest BCUT2D eigenvalue weighted by Gasteiger charge is 2.27. The van der Waals surface area contributed by atoms with Gasteiger partial charge in [-0.1, -0.05) is 0 Å². The highest BCUT2D eigenvalue weighted by molar-refractivity contribution is 5.83. The van der Waals surface area contributed by atoms with Crippen LogP contribution in [0.1, 0.15) is 17.6 Å². The van der Waals surface area contributed by atoms with Gasteiger partial charge in [0.25, 0.3) is 12.0 Å². The third-order valence-electron chi connectivity index (χ3n) is 2.83. The molecule has 0 spiro atoms. The van der Waals surface area contributed by atoms with Gasteiger partial charge in [-0.3, -0.25) is 4.79 Å². The maximum absolute atomic E-state index is 13.5. The molecule has 0 saturated heterocycles. The van der Waals surface area contributed by atoms with Crippen LogP contribution in [0.3, 0.4) is 0 Å². The number of aromatic nitrogens is 3. The summed E-state index contributed by atoms with van der Waals surface area (Å²) in [6.45, 7) is 3.12. The number of fused-ring (bicyclic) bond motifs is 1. The molecule has 0 aliphatic heterocycles. The number of alkyl halides is 3. The molecule has 1 unspecified atom stereocenters. The van der Waals surface area contributed by atoms with Gasteiger partial charge in [-0.2, -0.15) is 5.10 Å². The van der Waals surface area contributed by atoms with Crippen molar-refractivity contribution >= 4 is 10.9 Å². The lowest BCUT2D eigenvalue weighted by molar-refractivity contribution is 0.00944. The van der Waals surface area contributed by atoms with E-state index < -0.39 is 18.3 Å². The number of aromatic amines is 1. The first-order chi connectivity index (χ1) is 7.95. The second kappa shape index (κ2) is 3.90. The van der Waals surface area contributed by atoms with E-state index in [-0.39, 0.29) is 5.52 Å². The Morgan fingerprint density at radius 3 is 2.59 bits per heavy atom. The van der Waals surface area contributed by atoms with E-state index in [9.17, 15) is 18.0 Å². The summed E-state index contributed by atoms with van der Waals surface area (Å²) >= 11 is 0. The van der Waals surface area contributed by atoms with E-state index in [2.05, 4.69) is 10.2 Å². The number of hydrogen-bond donors (Lipinski definition) is 1. The molecule has 1 N–H and O–H groups in total. The van der Waals surface area contributed by atoms with Gasteiger partial charge in [0, 0.05) is 11.1 Å². The van der Waals surface area contributed by atoms with Crippen molar-refractivity contribution in [3.8, 4) is 0 Å². The first-order valence-electron chi connectivity index (χ1n) is 4.92. The van der Waals surface area contributed by atoms with Crippen LogP contribution < -0.4 is 5.56 Å². The Kier molecular flexibility index (Phi) is 2.68. The van der Waals surface area contributed by atoms with Crippen LogP contribution in [0.2, 0.25) is 0 Å². The van der Waals surface area contributed by atoms with Gasteiger partial charge in [0.1, 0.15) is 5.52 Å². The maximum atomic E-state index is 13.5. The number of rotatable bonds is 2. The number of halogens is 3. The fourth-order valence-corrected chi connectivity index (χ4v) is 1.87. The predicted molar refractivity (Wildman–Crippen MR) is 56.0 cm³/mol. The van der Waals surface area contributed by atoms with Crippen molar-refractivity contribution in [2.75, 3.05) is 0 Å². The Morgan fingerprint density at radius 2 is 2.00 bits per heavy atom. The zero-order chi connectivity index (χ0) is 12.7. The van der Waals surface area contributed by atoms with Crippen molar-refractivity contribution in [3.63, 3.8) is 0 Å². The summed E-state index contributed by atoms with van der Waals surface area (Å²) in [5.74, 6) is 0. The third-order valence-corrected chi connectivity index (χ3v) is 2.83. The Bertz CT molecular complexity index is 617. The second-order valence-corrected chi connectivity index (χ2v) is 3.75. The topological polar surface area (TPSA) is 50.7 Å². The van der Waals surface area contributed by atoms with E-state index in [1.807, 2.05) is 0 Å². The van der Waals surface area contributed by atoms with E-state index in [1.54, 1.807) is 6.92 Å². The zero-order valence-electron chi connectivity index (χ0n) is 9.17. The second-order valence-electron chi connectivity index (χ2n) is 3.75. The van der Waals surface area contributed by atoms with Gasteiger partial charge in [0.2, 0.25) is 6.30 Å². The van der Waals surface area contributed by atoms with Crippen LogP contribution in [0.5, 0.6) is 0 Å². The van der Waals surface area contributed by atoms with Gasteiger partial charge in [-0.15, -0.1) is 0 Å². The van der Waals surface area contributed by atoms with Crippen molar-refractivity contribution in [2.24, 2.45) is 0 Å². The fraction of sp³-hybridized carbons (Fsp3) is 0.400. The van der Waals surface area contributed by atoms with Gasteiger partial charge in [0.15, 0.2) is 0 Å². The monoisotopic (exact) mass is 245 g/mol. The Hall–Kier alpha value is -1.79. The van der Waals surface area contributed by atoms with Gasteiger partial charge >= 0.3 is 0 Å². The Morgan fingerprint density at radius 1 is 1.35 bits per heavy atom. The maximum Gasteiger partial charge on any atom is 0.288 e. The normalized spacial score (nSPS) is 13.5. The first-order valence-corrected chi connectivity index (χ1v) is 4.92. The molecule has 92 valence electrons. The van der Waals surface area contributed by atoms with Crippen molar-refractivity contribution in [2.45, 2.75) is 26.6 Å². The van der Waals surface area contributed by atoms with Crippen LogP contribution in [0.25, 0.3) is 10.9 Å². The number of nitrogens with zero attached hydrogens (tertiary/aromatic N) is 2. The number of hydrogen-bond acceptors (Lipinski definition) is 2. The lowest BCUT2D eigenvalue weighted by Crippen LogP contribution is -2.19. The molecule has 2 heterocycles.